The Morgan fingerprint density at radius 3 is 2.43 bits per heavy atom. The summed E-state index contributed by atoms with van der Waals surface area (Å²) < 4.78 is 14.0. The van der Waals surface area contributed by atoms with Crippen molar-refractivity contribution in [2.45, 2.75) is 90.2 Å². The molecule has 0 aliphatic heterocycles. The Labute approximate surface area is 251 Å². The lowest BCUT2D eigenvalue weighted by molar-refractivity contribution is -0.120. The average Bonchev–Trinajstić information content (AvgIpc) is 2.91. The van der Waals surface area contributed by atoms with Crippen LogP contribution in [0.5, 0.6) is 5.75 Å². The number of benzene rings is 3. The van der Waals surface area contributed by atoms with Crippen molar-refractivity contribution in [3.8, 4) is 5.75 Å². The standard InChI is InChI=1S/C34H47FN2O4Si/c1-23-10-12-31(35)28(14-23)20-37-33(40)17-26-9-7-8-25(16-26)15-24(2)36-21-30(19-34(3,4)42(5,6)41)27-11-13-32(39)29(18-27)22-38/h7-14,16,18,24,30,36,38-39,41H,15,17,19-22H2,1-6H3,(H,37,40)/t24-,30+/m1/s1. The third kappa shape index (κ3) is 9.49. The molecule has 42 heavy (non-hydrogen) atoms. The van der Waals surface area contributed by atoms with Gasteiger partial charge in [0.2, 0.25) is 5.91 Å². The number of halogens is 1. The second-order valence-corrected chi connectivity index (χ2v) is 17.2. The first-order valence-corrected chi connectivity index (χ1v) is 17.6. The fourth-order valence-corrected chi connectivity index (χ4v) is 5.82. The molecule has 0 aliphatic carbocycles. The Morgan fingerprint density at radius 2 is 1.74 bits per heavy atom. The monoisotopic (exact) mass is 594 g/mol. The summed E-state index contributed by atoms with van der Waals surface area (Å²) in [4.78, 5) is 23.5. The average molecular weight is 595 g/mol. The van der Waals surface area contributed by atoms with Gasteiger partial charge >= 0.3 is 0 Å². The highest BCUT2D eigenvalue weighted by atomic mass is 28.4. The number of hydrogen-bond acceptors (Lipinski definition) is 5. The van der Waals surface area contributed by atoms with Crippen LogP contribution in [0.15, 0.2) is 60.7 Å². The van der Waals surface area contributed by atoms with Crippen LogP contribution in [0.25, 0.3) is 0 Å². The smallest absolute Gasteiger partial charge is 0.224 e. The molecule has 0 unspecified atom stereocenters. The molecule has 3 rings (SSSR count). The van der Waals surface area contributed by atoms with Crippen LogP contribution < -0.4 is 10.6 Å². The largest absolute Gasteiger partial charge is 0.508 e. The molecule has 0 saturated heterocycles. The Hall–Kier alpha value is -3.04. The topological polar surface area (TPSA) is 102 Å². The highest BCUT2D eigenvalue weighted by molar-refractivity contribution is 6.72. The molecular formula is C34H47FN2O4Si. The third-order valence-corrected chi connectivity index (χ3v) is 12.0. The second-order valence-electron chi connectivity index (χ2n) is 12.8. The van der Waals surface area contributed by atoms with Crippen molar-refractivity contribution in [2.24, 2.45) is 0 Å². The molecule has 0 aliphatic rings. The number of carbonyl (C=O) groups excluding carboxylic acids is 1. The number of aryl methyl sites for hydroxylation is 1. The summed E-state index contributed by atoms with van der Waals surface area (Å²) in [5.74, 6) is -0.332. The molecule has 6 nitrogen and oxygen atoms in total. The van der Waals surface area contributed by atoms with Crippen LogP contribution in [0.2, 0.25) is 18.1 Å². The van der Waals surface area contributed by atoms with E-state index in [4.69, 9.17) is 0 Å². The number of phenols is 1. The first-order chi connectivity index (χ1) is 19.7. The molecule has 0 fully saturated rings. The molecule has 0 spiro atoms. The maximum atomic E-state index is 14.0. The van der Waals surface area contributed by atoms with E-state index >= 15 is 0 Å². The predicted molar refractivity (Wildman–Crippen MR) is 169 cm³/mol. The summed E-state index contributed by atoms with van der Waals surface area (Å²) in [6.07, 6.45) is 1.74. The molecule has 8 heteroatoms. The zero-order chi connectivity index (χ0) is 31.1. The molecule has 0 radical (unpaired) electrons. The second kappa shape index (κ2) is 14.4. The fourth-order valence-electron chi connectivity index (χ4n) is 5.08. The number of hydrogen-bond donors (Lipinski definition) is 5. The van der Waals surface area contributed by atoms with Gasteiger partial charge in [-0.1, -0.05) is 61.9 Å². The van der Waals surface area contributed by atoms with Gasteiger partial charge in [-0.05, 0) is 85.6 Å². The van der Waals surface area contributed by atoms with Crippen molar-refractivity contribution in [3.63, 3.8) is 0 Å². The van der Waals surface area contributed by atoms with Crippen molar-refractivity contribution in [1.29, 1.82) is 0 Å². The number of aliphatic hydroxyl groups excluding tert-OH is 1. The number of aromatic hydroxyl groups is 1. The van der Waals surface area contributed by atoms with E-state index in [2.05, 4.69) is 37.5 Å². The Morgan fingerprint density at radius 1 is 1.02 bits per heavy atom. The van der Waals surface area contributed by atoms with Crippen molar-refractivity contribution in [3.05, 3.63) is 99.9 Å². The quantitative estimate of drug-likeness (QED) is 0.151. The molecule has 0 saturated carbocycles. The Bertz CT molecular complexity index is 1360. The molecule has 2 atom stereocenters. The highest BCUT2D eigenvalue weighted by Crippen LogP contribution is 2.44. The molecule has 3 aromatic rings. The maximum Gasteiger partial charge on any atom is 0.224 e. The Balaban J connectivity index is 1.63. The number of rotatable bonds is 14. The number of amides is 1. The van der Waals surface area contributed by atoms with Gasteiger partial charge in [-0.25, -0.2) is 4.39 Å². The lowest BCUT2D eigenvalue weighted by Gasteiger charge is -2.38. The van der Waals surface area contributed by atoms with Gasteiger partial charge in [0.25, 0.3) is 0 Å². The van der Waals surface area contributed by atoms with E-state index < -0.39 is 8.32 Å². The number of carbonyl (C=O) groups is 1. The maximum absolute atomic E-state index is 14.0. The van der Waals surface area contributed by atoms with Gasteiger partial charge < -0.3 is 25.6 Å². The lowest BCUT2D eigenvalue weighted by Crippen LogP contribution is -2.41. The van der Waals surface area contributed by atoms with Crippen LogP contribution in [0.4, 0.5) is 4.39 Å². The van der Waals surface area contributed by atoms with Crippen molar-refractivity contribution in [1.82, 2.24) is 10.6 Å². The van der Waals surface area contributed by atoms with E-state index in [0.29, 0.717) is 17.7 Å². The fraction of sp³-hybridized carbons (Fsp3) is 0.441. The summed E-state index contributed by atoms with van der Waals surface area (Å²) in [7, 11) is -2.46. The predicted octanol–water partition coefficient (Wildman–Crippen LogP) is 5.86. The molecule has 0 heterocycles. The summed E-state index contributed by atoms with van der Waals surface area (Å²) >= 11 is 0. The zero-order valence-electron chi connectivity index (χ0n) is 25.8. The molecule has 0 aromatic heterocycles. The van der Waals surface area contributed by atoms with E-state index in [1.54, 1.807) is 18.2 Å². The molecule has 5 N–H and O–H groups in total. The first kappa shape index (κ1) is 33.5. The van der Waals surface area contributed by atoms with E-state index in [1.807, 2.05) is 50.3 Å². The van der Waals surface area contributed by atoms with E-state index in [-0.39, 0.29) is 54.0 Å². The van der Waals surface area contributed by atoms with Gasteiger partial charge in [0.05, 0.1) is 13.0 Å². The van der Waals surface area contributed by atoms with Gasteiger partial charge in [-0.15, -0.1) is 0 Å². The highest BCUT2D eigenvalue weighted by Gasteiger charge is 2.40. The van der Waals surface area contributed by atoms with Crippen molar-refractivity contribution in [2.75, 3.05) is 6.54 Å². The van der Waals surface area contributed by atoms with E-state index in [9.17, 15) is 24.2 Å². The van der Waals surface area contributed by atoms with Crippen LogP contribution >= 0.6 is 0 Å². The normalized spacial score (nSPS) is 13.5. The van der Waals surface area contributed by atoms with E-state index in [1.165, 1.54) is 6.07 Å². The Kier molecular flexibility index (Phi) is 11.5. The minimum absolute atomic E-state index is 0.0699. The lowest BCUT2D eigenvalue weighted by atomic mass is 9.88. The molecule has 0 bridgehead atoms. The van der Waals surface area contributed by atoms with Gasteiger partial charge in [0.1, 0.15) is 11.6 Å². The first-order valence-electron chi connectivity index (χ1n) is 14.7. The minimum Gasteiger partial charge on any atom is -0.508 e. The molecule has 3 aromatic carbocycles. The number of nitrogens with one attached hydrogen (secondary N) is 2. The van der Waals surface area contributed by atoms with Crippen molar-refractivity contribution >= 4 is 14.2 Å². The van der Waals surface area contributed by atoms with E-state index in [0.717, 1.165) is 35.1 Å². The van der Waals surface area contributed by atoms with Gasteiger partial charge in [0.15, 0.2) is 8.32 Å². The van der Waals surface area contributed by atoms with Gasteiger partial charge in [-0.2, -0.15) is 0 Å². The van der Waals surface area contributed by atoms with Crippen LogP contribution in [0.1, 0.15) is 66.5 Å². The third-order valence-electron chi connectivity index (χ3n) is 8.45. The summed E-state index contributed by atoms with van der Waals surface area (Å²) in [6, 6.07) is 18.4. The van der Waals surface area contributed by atoms with Gasteiger partial charge in [0, 0.05) is 30.3 Å². The van der Waals surface area contributed by atoms with Crippen LogP contribution in [-0.4, -0.2) is 41.8 Å². The number of aliphatic hydroxyl groups is 1. The van der Waals surface area contributed by atoms with Crippen LogP contribution in [0, 0.1) is 12.7 Å². The van der Waals surface area contributed by atoms with Crippen LogP contribution in [-0.2, 0) is 30.8 Å². The van der Waals surface area contributed by atoms with Crippen molar-refractivity contribution < 1.29 is 24.2 Å². The summed E-state index contributed by atoms with van der Waals surface area (Å²) in [5.41, 5.74) is 4.94. The summed E-state index contributed by atoms with van der Waals surface area (Å²) in [6.45, 7) is 12.8. The molecular weight excluding hydrogens is 547 g/mol. The van der Waals surface area contributed by atoms with Crippen LogP contribution in [0.3, 0.4) is 0 Å². The minimum atomic E-state index is -2.46. The zero-order valence-corrected chi connectivity index (χ0v) is 26.8. The molecule has 1 amide bonds. The summed E-state index contributed by atoms with van der Waals surface area (Å²) in [5, 5.41) is 26.0. The van der Waals surface area contributed by atoms with Gasteiger partial charge in [-0.3, -0.25) is 4.79 Å². The SMILES string of the molecule is Cc1ccc(F)c(CNC(=O)Cc2cccc(C[C@@H](C)NC[C@H](CC(C)(C)[Si](C)(C)O)c3ccc(O)c(CO)c3)c2)c1. The molecule has 228 valence electrons.